The number of nitrogens with two attached hydrogens (primary N) is 1. The van der Waals surface area contributed by atoms with E-state index in [0.29, 0.717) is 16.1 Å². The Morgan fingerprint density at radius 2 is 2.00 bits per heavy atom. The monoisotopic (exact) mass is 313 g/mol. The molecule has 1 aliphatic rings. The van der Waals surface area contributed by atoms with Crippen molar-refractivity contribution in [1.82, 2.24) is 0 Å². The van der Waals surface area contributed by atoms with Crippen molar-refractivity contribution in [3.63, 3.8) is 0 Å². The van der Waals surface area contributed by atoms with Crippen molar-refractivity contribution in [3.8, 4) is 11.5 Å². The van der Waals surface area contributed by atoms with Gasteiger partial charge in [0.15, 0.2) is 11.5 Å². The zero-order chi connectivity index (χ0) is 13.1. The van der Waals surface area contributed by atoms with Crippen LogP contribution in [0.5, 0.6) is 11.5 Å². The largest absolute Gasteiger partial charge is 0.503 e. The molecule has 4 heteroatoms. The average molecular weight is 314 g/mol. The maximum Gasteiger partial charge on any atom is 0.172 e. The molecule has 1 atom stereocenters. The van der Waals surface area contributed by atoms with Gasteiger partial charge in [-0.25, -0.2) is 0 Å². The smallest absolute Gasteiger partial charge is 0.172 e. The summed E-state index contributed by atoms with van der Waals surface area (Å²) in [5, 5.41) is 9.80. The van der Waals surface area contributed by atoms with Crippen LogP contribution in [0.2, 0.25) is 0 Å². The molecule has 0 aromatic heterocycles. The Labute approximate surface area is 116 Å². The molecule has 0 aliphatic heterocycles. The van der Waals surface area contributed by atoms with Crippen LogP contribution in [0.1, 0.15) is 43.7 Å². The van der Waals surface area contributed by atoms with Crippen LogP contribution >= 0.6 is 15.9 Å². The summed E-state index contributed by atoms with van der Waals surface area (Å²) in [5.74, 6) is 1.16. The molecular weight excluding hydrogens is 294 g/mol. The molecule has 3 N–H and O–H groups in total. The molecule has 0 unspecified atom stereocenters. The lowest BCUT2D eigenvalue weighted by Crippen LogP contribution is -2.23. The Morgan fingerprint density at radius 1 is 1.33 bits per heavy atom. The van der Waals surface area contributed by atoms with Crippen molar-refractivity contribution in [2.24, 2.45) is 11.7 Å². The SMILES string of the molecule is COc1cc([C@@H](N)C2CCCCC2)cc(Br)c1O. The number of halogens is 1. The quantitative estimate of drug-likeness (QED) is 0.893. The van der Waals surface area contributed by atoms with E-state index < -0.39 is 0 Å². The number of ether oxygens (including phenoxy) is 1. The molecule has 0 amide bonds. The summed E-state index contributed by atoms with van der Waals surface area (Å²) in [6.45, 7) is 0. The van der Waals surface area contributed by atoms with E-state index in [4.69, 9.17) is 10.5 Å². The van der Waals surface area contributed by atoms with Crippen LogP contribution in [0.25, 0.3) is 0 Å². The zero-order valence-electron chi connectivity index (χ0n) is 10.7. The molecule has 1 aliphatic carbocycles. The van der Waals surface area contributed by atoms with E-state index >= 15 is 0 Å². The molecule has 0 saturated heterocycles. The number of hydrogen-bond donors (Lipinski definition) is 2. The fraction of sp³-hybridized carbons (Fsp3) is 0.571. The average Bonchev–Trinajstić information content (AvgIpc) is 2.42. The van der Waals surface area contributed by atoms with Gasteiger partial charge in [-0.15, -0.1) is 0 Å². The minimum Gasteiger partial charge on any atom is -0.503 e. The van der Waals surface area contributed by atoms with Crippen LogP contribution in [0.3, 0.4) is 0 Å². The molecule has 0 heterocycles. The summed E-state index contributed by atoms with van der Waals surface area (Å²) in [4.78, 5) is 0. The molecule has 0 spiro atoms. The Hall–Kier alpha value is -0.740. The first-order chi connectivity index (χ1) is 8.63. The number of phenols is 1. The summed E-state index contributed by atoms with van der Waals surface area (Å²) in [5.41, 5.74) is 7.39. The summed E-state index contributed by atoms with van der Waals surface area (Å²) in [6, 6.07) is 3.77. The molecule has 1 fully saturated rings. The van der Waals surface area contributed by atoms with Gasteiger partial charge in [-0.3, -0.25) is 0 Å². The van der Waals surface area contributed by atoms with Crippen molar-refractivity contribution >= 4 is 15.9 Å². The number of phenolic OH excluding ortho intramolecular Hbond substituents is 1. The van der Waals surface area contributed by atoms with Crippen molar-refractivity contribution in [2.75, 3.05) is 7.11 Å². The summed E-state index contributed by atoms with van der Waals surface area (Å²) in [7, 11) is 1.55. The number of methoxy groups -OCH3 is 1. The lowest BCUT2D eigenvalue weighted by atomic mass is 9.81. The number of rotatable bonds is 3. The van der Waals surface area contributed by atoms with Crippen LogP contribution in [0, 0.1) is 5.92 Å². The highest BCUT2D eigenvalue weighted by atomic mass is 79.9. The molecular formula is C14H20BrNO2. The Kier molecular flexibility index (Phi) is 4.51. The van der Waals surface area contributed by atoms with Gasteiger partial charge in [0.25, 0.3) is 0 Å². The number of hydrogen-bond acceptors (Lipinski definition) is 3. The van der Waals surface area contributed by atoms with Crippen molar-refractivity contribution < 1.29 is 9.84 Å². The third kappa shape index (κ3) is 2.81. The molecule has 18 heavy (non-hydrogen) atoms. The second-order valence-electron chi connectivity index (χ2n) is 4.98. The predicted molar refractivity (Wildman–Crippen MR) is 75.9 cm³/mol. The minimum atomic E-state index is 0.0242. The summed E-state index contributed by atoms with van der Waals surface area (Å²) in [6.07, 6.45) is 6.26. The Balaban J connectivity index is 2.23. The lowest BCUT2D eigenvalue weighted by Gasteiger charge is -2.28. The fourth-order valence-electron chi connectivity index (χ4n) is 2.71. The van der Waals surface area contributed by atoms with E-state index in [9.17, 15) is 5.11 Å². The normalized spacial score (nSPS) is 18.6. The van der Waals surface area contributed by atoms with E-state index in [1.165, 1.54) is 32.1 Å². The predicted octanol–water partition coefficient (Wildman–Crippen LogP) is 3.74. The van der Waals surface area contributed by atoms with Gasteiger partial charge < -0.3 is 15.6 Å². The number of benzene rings is 1. The van der Waals surface area contributed by atoms with Crippen molar-refractivity contribution in [1.29, 1.82) is 0 Å². The van der Waals surface area contributed by atoms with E-state index in [0.717, 1.165) is 5.56 Å². The van der Waals surface area contributed by atoms with E-state index in [1.54, 1.807) is 7.11 Å². The third-order valence-electron chi connectivity index (χ3n) is 3.81. The topological polar surface area (TPSA) is 55.5 Å². The standard InChI is InChI=1S/C14H20BrNO2/c1-18-12-8-10(7-11(15)14(12)17)13(16)9-5-3-2-4-6-9/h7-9,13,17H,2-6,16H2,1H3/t13-/m0/s1. The molecule has 1 aromatic carbocycles. The van der Waals surface area contributed by atoms with Gasteiger partial charge in [-0.05, 0) is 52.4 Å². The van der Waals surface area contributed by atoms with E-state index in [1.807, 2.05) is 12.1 Å². The van der Waals surface area contributed by atoms with Gasteiger partial charge in [-0.1, -0.05) is 19.3 Å². The van der Waals surface area contributed by atoms with Gasteiger partial charge in [0.05, 0.1) is 11.6 Å². The maximum absolute atomic E-state index is 9.80. The molecule has 2 rings (SSSR count). The number of aromatic hydroxyl groups is 1. The van der Waals surface area contributed by atoms with Gasteiger partial charge in [0.1, 0.15) is 0 Å². The molecule has 0 radical (unpaired) electrons. The molecule has 1 saturated carbocycles. The van der Waals surface area contributed by atoms with Crippen LogP contribution in [-0.2, 0) is 0 Å². The second-order valence-corrected chi connectivity index (χ2v) is 5.83. The van der Waals surface area contributed by atoms with Crippen LogP contribution in [0.15, 0.2) is 16.6 Å². The van der Waals surface area contributed by atoms with Crippen molar-refractivity contribution in [2.45, 2.75) is 38.1 Å². The molecule has 100 valence electrons. The van der Waals surface area contributed by atoms with E-state index in [2.05, 4.69) is 15.9 Å². The summed E-state index contributed by atoms with van der Waals surface area (Å²) >= 11 is 3.34. The highest BCUT2D eigenvalue weighted by Gasteiger charge is 2.23. The third-order valence-corrected chi connectivity index (χ3v) is 4.42. The van der Waals surface area contributed by atoms with Gasteiger partial charge in [0, 0.05) is 6.04 Å². The first-order valence-corrected chi connectivity index (χ1v) is 7.24. The van der Waals surface area contributed by atoms with Crippen LogP contribution in [-0.4, -0.2) is 12.2 Å². The molecule has 3 nitrogen and oxygen atoms in total. The Bertz CT molecular complexity index is 417. The fourth-order valence-corrected chi connectivity index (χ4v) is 3.17. The first-order valence-electron chi connectivity index (χ1n) is 6.45. The lowest BCUT2D eigenvalue weighted by molar-refractivity contribution is 0.306. The van der Waals surface area contributed by atoms with Crippen LogP contribution in [0.4, 0.5) is 0 Å². The highest BCUT2D eigenvalue weighted by molar-refractivity contribution is 9.10. The Morgan fingerprint density at radius 3 is 2.61 bits per heavy atom. The van der Waals surface area contributed by atoms with Gasteiger partial charge >= 0.3 is 0 Å². The van der Waals surface area contributed by atoms with Gasteiger partial charge in [0.2, 0.25) is 0 Å². The zero-order valence-corrected chi connectivity index (χ0v) is 12.2. The minimum absolute atomic E-state index is 0.0242. The second kappa shape index (κ2) is 5.93. The van der Waals surface area contributed by atoms with E-state index in [-0.39, 0.29) is 11.8 Å². The van der Waals surface area contributed by atoms with Crippen molar-refractivity contribution in [3.05, 3.63) is 22.2 Å². The molecule has 0 bridgehead atoms. The summed E-state index contributed by atoms with van der Waals surface area (Å²) < 4.78 is 5.81. The highest BCUT2D eigenvalue weighted by Crippen LogP contribution is 2.40. The first kappa shape index (κ1) is 13.7. The maximum atomic E-state index is 9.80. The molecule has 1 aromatic rings. The van der Waals surface area contributed by atoms with Gasteiger partial charge in [-0.2, -0.15) is 0 Å². The van der Waals surface area contributed by atoms with Crippen LogP contribution < -0.4 is 10.5 Å².